The molecule has 21 heteroatoms. The first kappa shape index (κ1) is 68.7. The quantitative estimate of drug-likeness (QED) is 0.126. The molecule has 0 unspecified atom stereocenters. The van der Waals surface area contributed by atoms with Crippen molar-refractivity contribution in [3.63, 3.8) is 0 Å². The molecule has 0 aliphatic carbocycles. The smallest absolute Gasteiger partial charge is 0.304 e. The Balaban J connectivity index is 0.000000143. The second kappa shape index (κ2) is 28.1. The number of imidazole rings is 5. The average molecular weight is 2160 g/mol. The summed E-state index contributed by atoms with van der Waals surface area (Å²) in [6, 6.07) is 59.4. The van der Waals surface area contributed by atoms with Gasteiger partial charge in [-0.15, -0.1) is 130 Å². The zero-order chi connectivity index (χ0) is 57.9. The summed E-state index contributed by atoms with van der Waals surface area (Å²) in [5.41, 5.74) is 9.54. The van der Waals surface area contributed by atoms with Gasteiger partial charge in [0.15, 0.2) is 0 Å². The molecular formula is C68H49BrClIr5N10O3S-5. The molecule has 5 radical (unpaired) electrons. The molecule has 17 rings (SSSR count). The maximum atomic E-state index is 11.2. The van der Waals surface area contributed by atoms with Gasteiger partial charge in [-0.25, -0.2) is 0 Å². The number of aromatic nitrogens is 10. The SMILES string of the molecule is Brc1cc[c-]c2c1ccn1ccnc21.CC1(C)c2cnc3c4[c-]cccc4cc(n23)C1(C)C.CS(=O)(=O)Oc1cc[c-]c2c1ccn1ccnc21.Clc1cc[c-]c2c1ccn1ccnc21.[Ir].[Ir].[Ir].[Ir].[Ir].[c-]1cccc2ccn3cc(-c4ccccc4)nc3c12. The van der Waals surface area contributed by atoms with E-state index in [-0.39, 0.29) is 117 Å². The Bertz CT molecular complexity index is 5200. The fraction of sp³-hybridized carbons (Fsp3) is 0.103. The number of benzene rings is 6. The van der Waals surface area contributed by atoms with E-state index < -0.39 is 10.1 Å². The standard InChI is InChI=1S/C17H17N2.C17H11N2.C12H9N2O3S.C11H6BrN2.C11H6ClN2.5Ir/c1-16(2)13-9-11-7-5-6-8-12(11)15-18-10-14(19(13)15)17(16,3)4;1-2-7-14(8-3-1)16-12-19-11-10-13-6-4-5-9-15(13)17(19)18-16;1-18(15,16)17-11-4-2-3-10-9(11)5-7-14-8-6-13-12(10)14;2*12-10-3-1-2-9-8(10)4-6-14-7-5-13-11(9)14;;;;;/h5-7,9-10H,1-4H3;1-8,10-12H;2,4-8H,1H3;2*1,3-7H;;;;;/q5*-1;;;;;. The predicted molar refractivity (Wildman–Crippen MR) is 337 cm³/mol. The van der Waals surface area contributed by atoms with Crippen molar-refractivity contribution in [3.8, 4) is 17.0 Å². The third-order valence-corrected chi connectivity index (χ3v) is 17.2. The molecule has 0 saturated carbocycles. The van der Waals surface area contributed by atoms with Gasteiger partial charge in [0.2, 0.25) is 0 Å². The molecule has 0 amide bonds. The van der Waals surface area contributed by atoms with Crippen molar-refractivity contribution in [2.75, 3.05) is 6.26 Å². The summed E-state index contributed by atoms with van der Waals surface area (Å²) in [6.07, 6.45) is 23.8. The van der Waals surface area contributed by atoms with Crippen molar-refractivity contribution in [2.45, 2.75) is 38.5 Å². The van der Waals surface area contributed by atoms with Gasteiger partial charge in [0.1, 0.15) is 0 Å². The second-order valence-corrected chi connectivity index (χ2v) is 24.0. The maximum absolute atomic E-state index is 11.2. The fourth-order valence-electron chi connectivity index (χ4n) is 10.8. The van der Waals surface area contributed by atoms with Crippen LogP contribution in [0, 0.1) is 30.3 Å². The largest absolute Gasteiger partial charge is 0.402 e. The van der Waals surface area contributed by atoms with Crippen LogP contribution in [-0.2, 0) is 121 Å². The van der Waals surface area contributed by atoms with Crippen molar-refractivity contribution in [1.29, 1.82) is 0 Å². The van der Waals surface area contributed by atoms with Crippen LogP contribution in [0.5, 0.6) is 5.75 Å². The van der Waals surface area contributed by atoms with Gasteiger partial charge in [-0.2, -0.15) is 8.42 Å². The van der Waals surface area contributed by atoms with E-state index in [9.17, 15) is 8.42 Å². The Labute approximate surface area is 594 Å². The molecule has 89 heavy (non-hydrogen) atoms. The zero-order valence-corrected chi connectivity index (χ0v) is 62.8. The molecule has 0 atom stereocenters. The van der Waals surface area contributed by atoms with E-state index in [1.54, 1.807) is 43.0 Å². The average Bonchev–Trinajstić information content (AvgIpc) is 1.57. The molecule has 11 heterocycles. The summed E-state index contributed by atoms with van der Waals surface area (Å²) in [5.74, 6) is 0.289. The minimum Gasteiger partial charge on any atom is -0.402 e. The third-order valence-electron chi connectivity index (χ3n) is 15.7. The molecule has 459 valence electrons. The maximum Gasteiger partial charge on any atom is 0.304 e. The molecule has 10 aromatic heterocycles. The number of halogens is 2. The Kier molecular flexibility index (Phi) is 21.7. The molecule has 1 aliphatic heterocycles. The molecule has 16 aromatic rings. The Hall–Kier alpha value is -6.16. The molecule has 0 bridgehead atoms. The van der Waals surface area contributed by atoms with Gasteiger partial charge in [0, 0.05) is 178 Å². The first-order valence-electron chi connectivity index (χ1n) is 26.8. The summed E-state index contributed by atoms with van der Waals surface area (Å²) in [6.45, 7) is 9.27. The number of hydrogen-bond acceptors (Lipinski definition) is 8. The van der Waals surface area contributed by atoms with E-state index in [0.717, 1.165) is 87.3 Å². The van der Waals surface area contributed by atoms with Crippen LogP contribution in [0.15, 0.2) is 212 Å². The van der Waals surface area contributed by atoms with Crippen molar-refractivity contribution in [1.82, 2.24) is 46.9 Å². The van der Waals surface area contributed by atoms with Crippen LogP contribution < -0.4 is 4.18 Å². The van der Waals surface area contributed by atoms with Crippen LogP contribution in [0.25, 0.3) is 93.4 Å². The van der Waals surface area contributed by atoms with Gasteiger partial charge in [0.25, 0.3) is 0 Å². The number of rotatable bonds is 3. The number of hydrogen-bond donors (Lipinski definition) is 0. The first-order valence-corrected chi connectivity index (χ1v) is 29.8. The summed E-state index contributed by atoms with van der Waals surface area (Å²) >= 11 is 9.58. The van der Waals surface area contributed by atoms with Gasteiger partial charge in [-0.3, -0.25) is 24.9 Å². The van der Waals surface area contributed by atoms with Crippen LogP contribution in [0.2, 0.25) is 5.02 Å². The van der Waals surface area contributed by atoms with Gasteiger partial charge in [-0.05, 0) is 29.8 Å². The number of fused-ring (bicyclic) bond motifs is 14. The summed E-state index contributed by atoms with van der Waals surface area (Å²) in [7, 11) is -3.55. The van der Waals surface area contributed by atoms with Crippen molar-refractivity contribution < 1.29 is 113 Å². The summed E-state index contributed by atoms with van der Waals surface area (Å²) in [4.78, 5) is 22.2. The van der Waals surface area contributed by atoms with Crippen molar-refractivity contribution >= 4 is 120 Å². The predicted octanol–water partition coefficient (Wildman–Crippen LogP) is 15.4. The minimum atomic E-state index is -3.55. The fourth-order valence-corrected chi connectivity index (χ4v) is 11.9. The molecule has 0 fully saturated rings. The normalized spacial score (nSPS) is 12.5. The summed E-state index contributed by atoms with van der Waals surface area (Å²) in [5, 5.41) is 10.9. The molecular weight excluding hydrogens is 2110 g/mol. The van der Waals surface area contributed by atoms with E-state index in [4.69, 9.17) is 20.8 Å². The zero-order valence-electron chi connectivity index (χ0n) is 47.7. The van der Waals surface area contributed by atoms with Gasteiger partial charge >= 0.3 is 10.1 Å². The van der Waals surface area contributed by atoms with Gasteiger partial charge in [-0.1, -0.05) is 147 Å². The molecule has 0 spiro atoms. The summed E-state index contributed by atoms with van der Waals surface area (Å²) < 4.78 is 38.6. The third kappa shape index (κ3) is 13.2. The van der Waals surface area contributed by atoms with Gasteiger partial charge in [0.05, 0.1) is 45.9 Å². The van der Waals surface area contributed by atoms with Crippen LogP contribution in [-0.4, -0.2) is 61.6 Å². The Morgan fingerprint density at radius 1 is 0.494 bits per heavy atom. The second-order valence-electron chi connectivity index (χ2n) is 21.2. The molecule has 6 aromatic carbocycles. The molecule has 1 aliphatic rings. The number of nitrogens with zero attached hydrogens (tertiary/aromatic N) is 10. The molecule has 0 N–H and O–H groups in total. The Morgan fingerprint density at radius 2 is 1.00 bits per heavy atom. The van der Waals surface area contributed by atoms with E-state index in [1.807, 2.05) is 129 Å². The molecule has 13 nitrogen and oxygen atoms in total. The van der Waals surface area contributed by atoms with E-state index in [0.29, 0.717) is 11.0 Å². The van der Waals surface area contributed by atoms with Crippen LogP contribution in [0.3, 0.4) is 0 Å². The monoisotopic (exact) mass is 2160 g/mol. The van der Waals surface area contributed by atoms with E-state index in [1.165, 1.54) is 22.2 Å². The van der Waals surface area contributed by atoms with Crippen LogP contribution >= 0.6 is 27.5 Å². The minimum absolute atomic E-state index is 0. The van der Waals surface area contributed by atoms with Crippen LogP contribution in [0.1, 0.15) is 39.1 Å². The Morgan fingerprint density at radius 3 is 1.62 bits per heavy atom. The van der Waals surface area contributed by atoms with Crippen LogP contribution in [0.4, 0.5) is 0 Å². The topological polar surface area (TPSA) is 130 Å². The molecule has 0 saturated heterocycles. The van der Waals surface area contributed by atoms with Crippen molar-refractivity contribution in [2.24, 2.45) is 0 Å². The first-order chi connectivity index (χ1) is 40.6. The van der Waals surface area contributed by atoms with Gasteiger partial charge < -0.3 is 26.2 Å². The van der Waals surface area contributed by atoms with E-state index >= 15 is 0 Å². The number of pyridine rings is 5. The van der Waals surface area contributed by atoms with Crippen molar-refractivity contribution in [3.05, 3.63) is 259 Å². The van der Waals surface area contributed by atoms with E-state index in [2.05, 4.69) is 151 Å².